The molecule has 0 aliphatic carbocycles. The summed E-state index contributed by atoms with van der Waals surface area (Å²) in [7, 11) is 0. The van der Waals surface area contributed by atoms with Gasteiger partial charge < -0.3 is 15.2 Å². The maximum Gasteiger partial charge on any atom is 0.124 e. The fourth-order valence-corrected chi connectivity index (χ4v) is 2.94. The van der Waals surface area contributed by atoms with Crippen LogP contribution in [0.1, 0.15) is 24.5 Å². The summed E-state index contributed by atoms with van der Waals surface area (Å²) in [6.45, 7) is 2.92. The molecule has 0 saturated heterocycles. The van der Waals surface area contributed by atoms with Crippen LogP contribution in [0, 0.1) is 0 Å². The fraction of sp³-hybridized carbons (Fsp3) is 0.333. The van der Waals surface area contributed by atoms with Crippen molar-refractivity contribution in [2.24, 2.45) is 0 Å². The van der Waals surface area contributed by atoms with E-state index in [-0.39, 0.29) is 19.3 Å². The Labute approximate surface area is 157 Å². The number of aliphatic hydroxyl groups excluding tert-OH is 1. The van der Waals surface area contributed by atoms with Gasteiger partial charge in [-0.25, -0.2) is 0 Å². The van der Waals surface area contributed by atoms with Gasteiger partial charge in [-0.15, -0.1) is 0 Å². The van der Waals surface area contributed by atoms with E-state index in [1.54, 1.807) is 24.3 Å². The topological polar surface area (TPSA) is 41.5 Å². The minimum absolute atomic E-state index is 0.0369. The summed E-state index contributed by atoms with van der Waals surface area (Å²) in [5.41, 5.74) is 1.66. The first-order valence-corrected chi connectivity index (χ1v) is 8.86. The third kappa shape index (κ3) is 5.27. The van der Waals surface area contributed by atoms with E-state index in [0.717, 1.165) is 17.5 Å². The summed E-state index contributed by atoms with van der Waals surface area (Å²) in [6, 6.07) is 10.8. The van der Waals surface area contributed by atoms with Crippen LogP contribution in [0.4, 0.5) is 0 Å². The highest BCUT2D eigenvalue weighted by Crippen LogP contribution is 2.28. The number of halogens is 3. The zero-order valence-electron chi connectivity index (χ0n) is 13.4. The molecule has 3 nitrogen and oxygen atoms in total. The van der Waals surface area contributed by atoms with Crippen molar-refractivity contribution in [3.05, 3.63) is 62.6 Å². The Morgan fingerprint density at radius 3 is 2.46 bits per heavy atom. The van der Waals surface area contributed by atoms with Gasteiger partial charge in [-0.2, -0.15) is 0 Å². The van der Waals surface area contributed by atoms with E-state index in [1.165, 1.54) is 0 Å². The summed E-state index contributed by atoms with van der Waals surface area (Å²) in [4.78, 5) is 0. The van der Waals surface area contributed by atoms with Crippen LogP contribution in [-0.4, -0.2) is 17.8 Å². The Morgan fingerprint density at radius 2 is 1.83 bits per heavy atom. The van der Waals surface area contributed by atoms with Crippen LogP contribution in [0.15, 0.2) is 36.4 Å². The lowest BCUT2D eigenvalue weighted by atomic mass is 10.1. The molecule has 0 aromatic heterocycles. The van der Waals surface area contributed by atoms with Gasteiger partial charge in [0.2, 0.25) is 0 Å². The normalized spacial score (nSPS) is 12.2. The first-order valence-electron chi connectivity index (χ1n) is 7.73. The zero-order valence-corrected chi connectivity index (χ0v) is 15.6. The van der Waals surface area contributed by atoms with Crippen LogP contribution < -0.4 is 10.1 Å². The first-order chi connectivity index (χ1) is 11.5. The highest BCUT2D eigenvalue weighted by atomic mass is 35.5. The fourth-order valence-electron chi connectivity index (χ4n) is 2.24. The molecule has 0 amide bonds. The largest absolute Gasteiger partial charge is 0.488 e. The van der Waals surface area contributed by atoms with Crippen molar-refractivity contribution in [1.29, 1.82) is 0 Å². The van der Waals surface area contributed by atoms with Gasteiger partial charge in [-0.3, -0.25) is 0 Å². The molecule has 0 bridgehead atoms. The number of benzene rings is 2. The van der Waals surface area contributed by atoms with E-state index in [2.05, 4.69) is 5.32 Å². The lowest BCUT2D eigenvalue weighted by Crippen LogP contribution is -2.31. The number of nitrogens with one attached hydrogen (secondary N) is 1. The molecule has 24 heavy (non-hydrogen) atoms. The molecule has 0 radical (unpaired) electrons. The molecule has 0 aliphatic heterocycles. The first kappa shape index (κ1) is 19.4. The lowest BCUT2D eigenvalue weighted by molar-refractivity contribution is 0.237. The summed E-state index contributed by atoms with van der Waals surface area (Å²) in [5.74, 6) is 0.704. The van der Waals surface area contributed by atoms with Gasteiger partial charge in [-0.1, -0.05) is 47.8 Å². The lowest BCUT2D eigenvalue weighted by Gasteiger charge is -2.17. The second-order valence-corrected chi connectivity index (χ2v) is 6.66. The third-order valence-electron chi connectivity index (χ3n) is 3.75. The van der Waals surface area contributed by atoms with E-state index in [9.17, 15) is 5.11 Å². The van der Waals surface area contributed by atoms with Gasteiger partial charge in [0.25, 0.3) is 0 Å². The average molecular weight is 389 g/mol. The van der Waals surface area contributed by atoms with Gasteiger partial charge in [0.05, 0.1) is 6.61 Å². The van der Waals surface area contributed by atoms with Gasteiger partial charge in [0.1, 0.15) is 12.4 Å². The smallest absolute Gasteiger partial charge is 0.124 e. The second-order valence-electron chi connectivity index (χ2n) is 5.41. The minimum Gasteiger partial charge on any atom is -0.488 e. The maximum absolute atomic E-state index is 9.29. The molecule has 0 fully saturated rings. The van der Waals surface area contributed by atoms with Gasteiger partial charge in [-0.05, 0) is 36.8 Å². The number of hydrogen-bond acceptors (Lipinski definition) is 3. The maximum atomic E-state index is 9.29. The summed E-state index contributed by atoms with van der Waals surface area (Å²) in [5, 5.41) is 14.3. The minimum atomic E-state index is 0.0369. The van der Waals surface area contributed by atoms with E-state index >= 15 is 0 Å². The van der Waals surface area contributed by atoms with Crippen LogP contribution in [-0.2, 0) is 13.2 Å². The van der Waals surface area contributed by atoms with Crippen molar-refractivity contribution >= 4 is 34.8 Å². The van der Waals surface area contributed by atoms with E-state index < -0.39 is 0 Å². The Hall–Kier alpha value is -0.970. The predicted octanol–water partition coefficient (Wildman–Crippen LogP) is 5.09. The van der Waals surface area contributed by atoms with Gasteiger partial charge in [0.15, 0.2) is 0 Å². The number of hydrogen-bond donors (Lipinski definition) is 2. The Balaban J connectivity index is 2.12. The molecule has 2 aromatic rings. The Morgan fingerprint density at radius 1 is 1.12 bits per heavy atom. The van der Waals surface area contributed by atoms with Crippen molar-refractivity contribution in [2.45, 2.75) is 32.5 Å². The Bertz CT molecular complexity index is 655. The van der Waals surface area contributed by atoms with Gasteiger partial charge in [0, 0.05) is 38.8 Å². The number of rotatable bonds is 8. The number of ether oxygens (including phenoxy) is 1. The van der Waals surface area contributed by atoms with Crippen molar-refractivity contribution in [3.8, 4) is 5.75 Å². The van der Waals surface area contributed by atoms with Crippen LogP contribution in [0.3, 0.4) is 0 Å². The molecule has 0 saturated carbocycles. The molecular formula is C18H20Cl3NO2. The summed E-state index contributed by atoms with van der Waals surface area (Å²) < 4.78 is 5.91. The monoisotopic (exact) mass is 387 g/mol. The second kappa shape index (κ2) is 9.50. The molecule has 6 heteroatoms. The third-order valence-corrected chi connectivity index (χ3v) is 4.69. The Kier molecular flexibility index (Phi) is 7.66. The SMILES string of the molecule is CC[C@H](CO)NCc1cc(Cl)ccc1OCc1c(Cl)cccc1Cl. The molecule has 130 valence electrons. The van der Waals surface area contributed by atoms with Gasteiger partial charge >= 0.3 is 0 Å². The predicted molar refractivity (Wildman–Crippen MR) is 100 cm³/mol. The zero-order chi connectivity index (χ0) is 17.5. The van der Waals surface area contributed by atoms with Crippen LogP contribution in [0.25, 0.3) is 0 Å². The van der Waals surface area contributed by atoms with E-state index in [0.29, 0.717) is 27.4 Å². The molecule has 2 rings (SSSR count). The molecule has 2 aromatic carbocycles. The molecule has 0 heterocycles. The van der Waals surface area contributed by atoms with Crippen molar-refractivity contribution in [2.75, 3.05) is 6.61 Å². The number of aliphatic hydroxyl groups is 1. The van der Waals surface area contributed by atoms with Crippen LogP contribution in [0.5, 0.6) is 5.75 Å². The molecule has 2 N–H and O–H groups in total. The molecule has 1 atom stereocenters. The van der Waals surface area contributed by atoms with Crippen molar-refractivity contribution in [1.82, 2.24) is 5.32 Å². The molecule has 0 aliphatic rings. The highest BCUT2D eigenvalue weighted by molar-refractivity contribution is 6.36. The van der Waals surface area contributed by atoms with E-state index in [4.69, 9.17) is 39.5 Å². The molecule has 0 unspecified atom stereocenters. The molecule has 0 spiro atoms. The van der Waals surface area contributed by atoms with Crippen LogP contribution in [0.2, 0.25) is 15.1 Å². The highest BCUT2D eigenvalue weighted by Gasteiger charge is 2.11. The summed E-state index contributed by atoms with van der Waals surface area (Å²) in [6.07, 6.45) is 0.836. The average Bonchev–Trinajstić information content (AvgIpc) is 2.57. The van der Waals surface area contributed by atoms with Crippen LogP contribution >= 0.6 is 34.8 Å². The quantitative estimate of drug-likeness (QED) is 0.662. The van der Waals surface area contributed by atoms with E-state index in [1.807, 2.05) is 19.1 Å². The van der Waals surface area contributed by atoms with Crippen molar-refractivity contribution in [3.63, 3.8) is 0 Å². The molecular weight excluding hydrogens is 369 g/mol. The summed E-state index contributed by atoms with van der Waals surface area (Å²) >= 11 is 18.4. The van der Waals surface area contributed by atoms with Crippen molar-refractivity contribution < 1.29 is 9.84 Å². The standard InChI is InChI=1S/C18H20Cl3NO2/c1-2-14(10-23)22-9-12-8-13(19)6-7-18(12)24-11-15-16(20)4-3-5-17(15)21/h3-8,14,22-23H,2,9-11H2,1H3/t14-/m1/s1.